The van der Waals surface area contributed by atoms with Gasteiger partial charge in [-0.25, -0.2) is 0 Å². The summed E-state index contributed by atoms with van der Waals surface area (Å²) < 4.78 is 5.19. The lowest BCUT2D eigenvalue weighted by Gasteiger charge is -2.03. The van der Waals surface area contributed by atoms with Crippen LogP contribution in [0.4, 0.5) is 5.69 Å². The zero-order valence-corrected chi connectivity index (χ0v) is 10.3. The van der Waals surface area contributed by atoms with Gasteiger partial charge in [0.05, 0.1) is 12.2 Å². The van der Waals surface area contributed by atoms with E-state index in [0.29, 0.717) is 18.3 Å². The average molecular weight is 238 g/mol. The highest BCUT2D eigenvalue weighted by molar-refractivity contribution is 7.14. The number of hydrogen-bond donors (Lipinski definition) is 1. The van der Waals surface area contributed by atoms with Crippen LogP contribution < -0.4 is 5.73 Å². The zero-order valence-electron chi connectivity index (χ0n) is 9.52. The number of nitrogens with two attached hydrogens (primary N) is 1. The average Bonchev–Trinajstić information content (AvgIpc) is 2.75. The molecule has 0 atom stereocenters. The third-order valence-corrected chi connectivity index (χ3v) is 3.24. The maximum Gasteiger partial charge on any atom is 0.270 e. The molecule has 0 radical (unpaired) electrons. The van der Waals surface area contributed by atoms with E-state index in [2.05, 4.69) is 10.1 Å². The van der Waals surface area contributed by atoms with Crippen LogP contribution in [0.3, 0.4) is 0 Å². The molecule has 2 N–H and O–H groups in total. The van der Waals surface area contributed by atoms with Gasteiger partial charge in [-0.3, -0.25) is 0 Å². The van der Waals surface area contributed by atoms with Gasteiger partial charge in [-0.1, -0.05) is 5.16 Å². The summed E-state index contributed by atoms with van der Waals surface area (Å²) in [5.41, 5.74) is 7.69. The number of nitrogens with zero attached hydrogens (tertiary/aromatic N) is 3. The van der Waals surface area contributed by atoms with Gasteiger partial charge >= 0.3 is 0 Å². The van der Waals surface area contributed by atoms with Crippen molar-refractivity contribution in [2.75, 3.05) is 19.8 Å². The predicted molar refractivity (Wildman–Crippen MR) is 64.2 cm³/mol. The fourth-order valence-corrected chi connectivity index (χ4v) is 2.21. The molecular weight excluding hydrogens is 224 g/mol. The number of rotatable bonds is 3. The van der Waals surface area contributed by atoms with Gasteiger partial charge in [-0.2, -0.15) is 4.98 Å². The summed E-state index contributed by atoms with van der Waals surface area (Å²) in [5, 5.41) is 5.89. The predicted octanol–water partition coefficient (Wildman–Crippen LogP) is 1.75. The SMILES string of the molecule is Cc1csc(-c2nc(CN(C)C)no2)c1N. The minimum Gasteiger partial charge on any atom is -0.397 e. The molecule has 2 aromatic heterocycles. The molecule has 0 aromatic carbocycles. The van der Waals surface area contributed by atoms with E-state index in [1.54, 1.807) is 0 Å². The topological polar surface area (TPSA) is 68.2 Å². The fourth-order valence-electron chi connectivity index (χ4n) is 1.31. The minimum absolute atomic E-state index is 0.507. The maximum atomic E-state index is 5.92. The van der Waals surface area contributed by atoms with E-state index in [4.69, 9.17) is 10.3 Å². The first-order chi connectivity index (χ1) is 7.58. The zero-order chi connectivity index (χ0) is 11.7. The fraction of sp³-hybridized carbons (Fsp3) is 0.400. The monoisotopic (exact) mass is 238 g/mol. The molecule has 2 heterocycles. The second-order valence-electron chi connectivity index (χ2n) is 3.92. The summed E-state index contributed by atoms with van der Waals surface area (Å²) in [6.45, 7) is 2.63. The standard InChI is InChI=1S/C10H14N4OS/c1-6-5-16-9(8(6)11)10-12-7(13-15-10)4-14(2)3/h5H,4,11H2,1-3H3. The number of hydrogen-bond acceptors (Lipinski definition) is 6. The Bertz CT molecular complexity index is 489. The van der Waals surface area contributed by atoms with Crippen molar-refractivity contribution in [1.82, 2.24) is 15.0 Å². The molecule has 6 heteroatoms. The van der Waals surface area contributed by atoms with Crippen molar-refractivity contribution < 1.29 is 4.52 Å². The van der Waals surface area contributed by atoms with E-state index in [9.17, 15) is 0 Å². The van der Waals surface area contributed by atoms with Crippen molar-refractivity contribution in [1.29, 1.82) is 0 Å². The Hall–Kier alpha value is -1.40. The lowest BCUT2D eigenvalue weighted by atomic mass is 10.3. The first kappa shape index (κ1) is 11.1. The van der Waals surface area contributed by atoms with Crippen molar-refractivity contribution in [2.24, 2.45) is 0 Å². The third kappa shape index (κ3) is 2.07. The van der Waals surface area contributed by atoms with Gasteiger partial charge in [0.1, 0.15) is 4.88 Å². The number of aryl methyl sites for hydroxylation is 1. The lowest BCUT2D eigenvalue weighted by molar-refractivity contribution is 0.366. The van der Waals surface area contributed by atoms with E-state index in [-0.39, 0.29) is 0 Å². The first-order valence-electron chi connectivity index (χ1n) is 4.89. The molecule has 0 amide bonds. The molecule has 0 aliphatic rings. The number of nitrogen functional groups attached to an aromatic ring is 1. The molecule has 86 valence electrons. The van der Waals surface area contributed by atoms with Gasteiger partial charge in [-0.15, -0.1) is 11.3 Å². The van der Waals surface area contributed by atoms with Gasteiger partial charge in [0.2, 0.25) is 0 Å². The van der Waals surface area contributed by atoms with Gasteiger partial charge < -0.3 is 15.2 Å². The van der Waals surface area contributed by atoms with Crippen molar-refractivity contribution >= 4 is 17.0 Å². The van der Waals surface area contributed by atoms with Crippen LogP contribution in [0.25, 0.3) is 10.8 Å². The van der Waals surface area contributed by atoms with E-state index < -0.39 is 0 Å². The molecule has 2 aromatic rings. The van der Waals surface area contributed by atoms with E-state index in [0.717, 1.165) is 16.1 Å². The first-order valence-corrected chi connectivity index (χ1v) is 5.77. The Labute approximate surface area is 97.9 Å². The number of aromatic nitrogens is 2. The van der Waals surface area contributed by atoms with Gasteiger partial charge in [-0.05, 0) is 32.0 Å². The molecule has 0 aliphatic heterocycles. The van der Waals surface area contributed by atoms with Crippen LogP contribution in [0.1, 0.15) is 11.4 Å². The molecule has 0 bridgehead atoms. The highest BCUT2D eigenvalue weighted by Gasteiger charge is 2.15. The molecule has 0 saturated heterocycles. The summed E-state index contributed by atoms with van der Waals surface area (Å²) in [6, 6.07) is 0. The quantitative estimate of drug-likeness (QED) is 0.882. The van der Waals surface area contributed by atoms with Crippen LogP contribution in [0, 0.1) is 6.92 Å². The summed E-state index contributed by atoms with van der Waals surface area (Å²) in [5.74, 6) is 1.18. The molecule has 16 heavy (non-hydrogen) atoms. The van der Waals surface area contributed by atoms with Gasteiger partial charge in [0.15, 0.2) is 5.82 Å². The normalized spacial score (nSPS) is 11.2. The molecular formula is C10H14N4OS. The molecule has 0 saturated carbocycles. The van der Waals surface area contributed by atoms with E-state index in [1.165, 1.54) is 11.3 Å². The Morgan fingerprint density at radius 1 is 1.50 bits per heavy atom. The Morgan fingerprint density at radius 3 is 2.81 bits per heavy atom. The van der Waals surface area contributed by atoms with Gasteiger partial charge in [0.25, 0.3) is 5.89 Å². The Morgan fingerprint density at radius 2 is 2.25 bits per heavy atom. The molecule has 0 aliphatic carbocycles. The lowest BCUT2D eigenvalue weighted by Crippen LogP contribution is -2.11. The molecule has 0 unspecified atom stereocenters. The van der Waals surface area contributed by atoms with Crippen molar-refractivity contribution in [3.05, 3.63) is 16.8 Å². The van der Waals surface area contributed by atoms with Crippen molar-refractivity contribution in [3.8, 4) is 10.8 Å². The largest absolute Gasteiger partial charge is 0.397 e. The number of anilines is 1. The van der Waals surface area contributed by atoms with E-state index in [1.807, 2.05) is 31.3 Å². The molecule has 0 fully saturated rings. The molecule has 2 rings (SSSR count). The third-order valence-electron chi connectivity index (χ3n) is 2.14. The molecule has 0 spiro atoms. The highest BCUT2D eigenvalue weighted by Crippen LogP contribution is 2.33. The van der Waals surface area contributed by atoms with Crippen LogP contribution in [-0.4, -0.2) is 29.1 Å². The van der Waals surface area contributed by atoms with Crippen molar-refractivity contribution in [3.63, 3.8) is 0 Å². The second kappa shape index (κ2) is 4.23. The second-order valence-corrected chi connectivity index (χ2v) is 4.79. The molecule has 5 nitrogen and oxygen atoms in total. The van der Waals surface area contributed by atoms with Crippen molar-refractivity contribution in [2.45, 2.75) is 13.5 Å². The van der Waals surface area contributed by atoms with Gasteiger partial charge in [0, 0.05) is 0 Å². The summed E-state index contributed by atoms with van der Waals surface area (Å²) >= 11 is 1.53. The Kier molecular flexibility index (Phi) is 2.93. The summed E-state index contributed by atoms with van der Waals surface area (Å²) in [7, 11) is 3.92. The maximum absolute atomic E-state index is 5.92. The summed E-state index contributed by atoms with van der Waals surface area (Å²) in [4.78, 5) is 7.15. The minimum atomic E-state index is 0.507. The smallest absolute Gasteiger partial charge is 0.270 e. The van der Waals surface area contributed by atoms with Crippen LogP contribution >= 0.6 is 11.3 Å². The highest BCUT2D eigenvalue weighted by atomic mass is 32.1. The van der Waals surface area contributed by atoms with Crippen LogP contribution in [-0.2, 0) is 6.54 Å². The number of thiophene rings is 1. The Balaban J connectivity index is 2.28. The van der Waals surface area contributed by atoms with E-state index >= 15 is 0 Å². The van der Waals surface area contributed by atoms with Crippen LogP contribution in [0.5, 0.6) is 0 Å². The van der Waals surface area contributed by atoms with Crippen LogP contribution in [0.15, 0.2) is 9.90 Å². The van der Waals surface area contributed by atoms with Crippen LogP contribution in [0.2, 0.25) is 0 Å². The summed E-state index contributed by atoms with van der Waals surface area (Å²) in [6.07, 6.45) is 0.